The number of benzene rings is 2. The molecule has 0 bridgehead atoms. The van der Waals surface area contributed by atoms with E-state index in [9.17, 15) is 79.0 Å². The average molecular weight is 1060 g/mol. The molecule has 0 saturated heterocycles. The minimum absolute atomic E-state index is 0. The first-order valence-corrected chi connectivity index (χ1v) is 14.7. The molecule has 0 N–H and O–H groups in total. The Labute approximate surface area is 358 Å². The summed E-state index contributed by atoms with van der Waals surface area (Å²) in [6, 6.07) is 15.7. The van der Waals surface area contributed by atoms with Crippen molar-refractivity contribution in [3.8, 4) is 0 Å². The summed E-state index contributed by atoms with van der Waals surface area (Å²) in [4.78, 5) is 0. The Morgan fingerprint density at radius 3 is 0.780 bits per heavy atom. The van der Waals surface area contributed by atoms with E-state index < -0.39 is 71.2 Å². The van der Waals surface area contributed by atoms with Crippen molar-refractivity contribution >= 4 is 45.0 Å². The maximum atomic E-state index is 11.7. The number of aromatic nitrogens is 8. The Morgan fingerprint density at radius 1 is 0.390 bits per heavy atom. The zero-order valence-electron chi connectivity index (χ0n) is 27.1. The van der Waals surface area contributed by atoms with Crippen molar-refractivity contribution in [3.05, 3.63) is 101 Å². The Bertz CT molecular complexity index is 1840. The van der Waals surface area contributed by atoms with Crippen LogP contribution in [0.1, 0.15) is 34.2 Å². The van der Waals surface area contributed by atoms with Gasteiger partial charge in [0, 0.05) is 10.8 Å². The summed E-state index contributed by atoms with van der Waals surface area (Å²) in [5.74, 6) is 0. The van der Waals surface area contributed by atoms with Crippen molar-refractivity contribution in [3.63, 3.8) is 0 Å². The topological polar surface area (TPSA) is 107 Å². The van der Waals surface area contributed by atoms with E-state index in [0.29, 0.717) is 0 Å². The summed E-state index contributed by atoms with van der Waals surface area (Å²) in [5, 5.41) is 25.0. The number of hydrogen-bond acceptors (Lipinski definition) is 5. The Morgan fingerprint density at radius 2 is 0.610 bits per heavy atom. The van der Waals surface area contributed by atoms with Crippen LogP contribution in [0.25, 0.3) is 21.8 Å². The molecule has 6 rings (SSSR count). The molecule has 0 fully saturated rings. The van der Waals surface area contributed by atoms with Gasteiger partial charge in [-0.25, -0.2) is 0 Å². The van der Waals surface area contributed by atoms with Crippen molar-refractivity contribution in [1.82, 2.24) is 40.8 Å². The maximum Gasteiger partial charge on any atom is 1.00 e. The number of fused-ring (bicyclic) bond motifs is 3. The molecule has 0 aliphatic carbocycles. The fourth-order valence-corrected chi connectivity index (χ4v) is 3.40. The molecule has 8 nitrogen and oxygen atoms in total. The van der Waals surface area contributed by atoms with E-state index in [0.717, 1.165) is 21.8 Å². The van der Waals surface area contributed by atoms with Crippen LogP contribution in [-0.2, 0) is 88.3 Å². The van der Waals surface area contributed by atoms with Crippen molar-refractivity contribution in [1.29, 1.82) is 0 Å². The minimum Gasteiger partial charge on any atom is -0.571 e. The number of nitrogens with zero attached hydrogens (tertiary/aromatic N) is 8. The Balaban J connectivity index is 0. The van der Waals surface area contributed by atoms with Crippen molar-refractivity contribution in [2.24, 2.45) is 0 Å². The molecule has 0 amide bonds. The monoisotopic (exact) mass is 1060 g/mol. The second kappa shape index (κ2) is 23.0. The smallest absolute Gasteiger partial charge is 0.571 e. The van der Waals surface area contributed by atoms with Crippen molar-refractivity contribution < 1.29 is 130 Å². The third-order valence-electron chi connectivity index (χ3n) is 5.72. The molecule has 0 radical (unpaired) electrons. The fourth-order valence-electron chi connectivity index (χ4n) is 3.40. The molecular weight excluding hydrogens is 1050 g/mol. The SMILES string of the molecule is ClCCl.FC(F)(F)c1cc(C(F)(F)F)[n-]n1.FC(F)(F)c1cc(C(F)(F)F)[n-]n1.FC(F)(F)c1cc(C(F)(F)F)[n-]n1.[Cu+].[Cu+].[Cu+].c1ccc2c(c1)nnc1ccccc12. The van der Waals surface area contributed by atoms with Gasteiger partial charge >= 0.3 is 88.3 Å². The Hall–Kier alpha value is -3.45. The molecule has 0 atom stereocenters. The summed E-state index contributed by atoms with van der Waals surface area (Å²) in [6.45, 7) is 0. The van der Waals surface area contributed by atoms with Gasteiger partial charge in [-0.3, -0.25) is 0 Å². The van der Waals surface area contributed by atoms with E-state index in [-0.39, 0.29) is 74.7 Å². The molecule has 0 saturated carbocycles. The second-order valence-electron chi connectivity index (χ2n) is 9.67. The summed E-state index contributed by atoms with van der Waals surface area (Å²) in [5.41, 5.74) is -7.93. The van der Waals surface area contributed by atoms with Crippen LogP contribution in [0.2, 0.25) is 0 Å². The number of halogens is 20. The fraction of sp³-hybridized carbons (Fsp3) is 0.250. The van der Waals surface area contributed by atoms with E-state index >= 15 is 0 Å². The van der Waals surface area contributed by atoms with Crippen LogP contribution in [0, 0.1) is 0 Å². The third-order valence-corrected chi connectivity index (χ3v) is 5.72. The van der Waals surface area contributed by atoms with Gasteiger partial charge in [-0.05, 0) is 47.4 Å². The minimum atomic E-state index is -4.89. The van der Waals surface area contributed by atoms with Crippen LogP contribution >= 0.6 is 23.2 Å². The van der Waals surface area contributed by atoms with Gasteiger partial charge in [0.2, 0.25) is 0 Å². The van der Waals surface area contributed by atoms with Gasteiger partial charge < -0.3 is 30.6 Å². The normalized spacial score (nSPS) is 11.7. The van der Waals surface area contributed by atoms with Gasteiger partial charge in [-0.1, -0.05) is 36.4 Å². The van der Waals surface area contributed by atoms with Crippen LogP contribution < -0.4 is 15.3 Å². The number of rotatable bonds is 0. The first-order chi connectivity index (χ1) is 25.5. The van der Waals surface area contributed by atoms with Crippen LogP contribution in [-0.4, -0.2) is 30.8 Å². The van der Waals surface area contributed by atoms with Gasteiger partial charge in [-0.15, -0.1) is 33.4 Å². The van der Waals surface area contributed by atoms with Crippen molar-refractivity contribution in [2.75, 3.05) is 5.34 Å². The maximum absolute atomic E-state index is 11.7. The molecule has 4 heterocycles. The molecule has 31 heteroatoms. The first kappa shape index (κ1) is 57.6. The van der Waals surface area contributed by atoms with E-state index in [1.54, 1.807) is 0 Å². The number of alkyl halides is 20. The molecule has 338 valence electrons. The third kappa shape index (κ3) is 18.4. The number of hydrogen-bond donors (Lipinski definition) is 0. The molecule has 0 spiro atoms. The zero-order valence-corrected chi connectivity index (χ0v) is 31.4. The molecular formula is C28H13Cl2Cu3F18N8. The van der Waals surface area contributed by atoms with Crippen LogP contribution in [0.4, 0.5) is 79.0 Å². The van der Waals surface area contributed by atoms with E-state index in [1.807, 2.05) is 36.4 Å². The first-order valence-electron chi connectivity index (χ1n) is 13.7. The van der Waals surface area contributed by atoms with Crippen LogP contribution in [0.5, 0.6) is 0 Å². The van der Waals surface area contributed by atoms with Gasteiger partial charge in [0.15, 0.2) is 0 Å². The molecule has 4 aromatic heterocycles. The largest absolute Gasteiger partial charge is 1.00 e. The second-order valence-corrected chi connectivity index (χ2v) is 10.5. The van der Waals surface area contributed by atoms with Gasteiger partial charge in [-0.2, -0.15) is 79.0 Å². The summed E-state index contributed by atoms with van der Waals surface area (Å²) >= 11 is 9.53. The standard InChI is InChI=1S/C12H8N2.3C5HF6N2.CH2Cl2.3Cu/c1-3-7-11-9(5-1)10-6-2-4-8-12(10)14-13-11;3*6-4(7,8)2-1-3(13-12-2)5(9,10)11;2-1-3;;;/h1-8H;3*1H;1H2;;;/q;3*-1;;3*+1. The van der Waals surface area contributed by atoms with Gasteiger partial charge in [0.25, 0.3) is 0 Å². The van der Waals surface area contributed by atoms with E-state index in [4.69, 9.17) is 23.2 Å². The van der Waals surface area contributed by atoms with Crippen LogP contribution in [0.15, 0.2) is 66.7 Å². The van der Waals surface area contributed by atoms with Gasteiger partial charge in [0.05, 0.1) is 16.4 Å². The van der Waals surface area contributed by atoms with Gasteiger partial charge in [0.1, 0.15) is 17.1 Å². The Kier molecular flexibility index (Phi) is 22.4. The van der Waals surface area contributed by atoms with E-state index in [1.165, 1.54) is 0 Å². The molecule has 0 aliphatic rings. The predicted molar refractivity (Wildman–Crippen MR) is 156 cm³/mol. The molecule has 59 heavy (non-hydrogen) atoms. The summed E-state index contributed by atoms with van der Waals surface area (Å²) in [7, 11) is 0. The summed E-state index contributed by atoms with van der Waals surface area (Å²) in [6.07, 6.45) is -29.4. The van der Waals surface area contributed by atoms with Crippen LogP contribution in [0.3, 0.4) is 0 Å². The van der Waals surface area contributed by atoms with E-state index in [2.05, 4.69) is 52.9 Å². The molecule has 6 aromatic rings. The molecule has 2 aromatic carbocycles. The predicted octanol–water partition coefficient (Wildman–Crippen LogP) is 10.4. The molecule has 0 aliphatic heterocycles. The average Bonchev–Trinajstić information content (AvgIpc) is 3.86. The quantitative estimate of drug-likeness (QED) is 0.0641. The molecule has 0 unspecified atom stereocenters. The van der Waals surface area contributed by atoms with Crippen molar-refractivity contribution in [2.45, 2.75) is 37.1 Å². The summed E-state index contributed by atoms with van der Waals surface area (Å²) < 4.78 is 211. The zero-order chi connectivity index (χ0) is 42.9.